The molecule has 114 valence electrons. The third-order valence-electron chi connectivity index (χ3n) is 4.91. The minimum absolute atomic E-state index is 0.0133. The van der Waals surface area contributed by atoms with E-state index >= 15 is 0 Å². The van der Waals surface area contributed by atoms with Gasteiger partial charge in [-0.1, -0.05) is 36.8 Å². The van der Waals surface area contributed by atoms with E-state index in [4.69, 9.17) is 0 Å². The average Bonchev–Trinajstić information content (AvgIpc) is 3.10. The third-order valence-corrected chi connectivity index (χ3v) is 4.91. The summed E-state index contributed by atoms with van der Waals surface area (Å²) in [6.07, 6.45) is 3.66. The largest absolute Gasteiger partial charge is 0.395 e. The van der Waals surface area contributed by atoms with Gasteiger partial charge in [-0.25, -0.2) is 0 Å². The van der Waals surface area contributed by atoms with E-state index in [1.807, 2.05) is 30.3 Å². The monoisotopic (exact) mass is 288 g/mol. The fraction of sp³-hybridized carbons (Fsp3) is 0.588. The van der Waals surface area contributed by atoms with Crippen molar-refractivity contribution in [3.63, 3.8) is 0 Å². The van der Waals surface area contributed by atoms with Gasteiger partial charge in [-0.05, 0) is 36.8 Å². The topological polar surface area (TPSA) is 52.6 Å². The third kappa shape index (κ3) is 3.11. The van der Waals surface area contributed by atoms with Gasteiger partial charge in [-0.15, -0.1) is 0 Å². The highest BCUT2D eigenvalue weighted by Gasteiger charge is 2.43. The van der Waals surface area contributed by atoms with Crippen molar-refractivity contribution in [1.82, 2.24) is 10.2 Å². The highest BCUT2D eigenvalue weighted by atomic mass is 16.3. The standard InChI is InChI=1S/C17H24N2O2/c20-10-9-19(12-13-5-2-1-3-6-13)17(21)16-15-8-4-7-14(15)11-18-16/h1-3,5-6,14-16,18,20H,4,7-12H2. The smallest absolute Gasteiger partial charge is 0.240 e. The van der Waals surface area contributed by atoms with Crippen LogP contribution < -0.4 is 5.32 Å². The van der Waals surface area contributed by atoms with Gasteiger partial charge in [0.25, 0.3) is 0 Å². The predicted molar refractivity (Wildman–Crippen MR) is 81.6 cm³/mol. The second-order valence-corrected chi connectivity index (χ2v) is 6.21. The predicted octanol–water partition coefficient (Wildman–Crippen LogP) is 1.40. The SMILES string of the molecule is O=C(C1NCC2CCCC21)N(CCO)Cc1ccccc1. The molecule has 2 N–H and O–H groups in total. The van der Waals surface area contributed by atoms with Crippen LogP contribution in [0.15, 0.2) is 30.3 Å². The van der Waals surface area contributed by atoms with Gasteiger partial charge in [-0.3, -0.25) is 4.79 Å². The van der Waals surface area contributed by atoms with Crippen LogP contribution in [0.5, 0.6) is 0 Å². The molecule has 4 heteroatoms. The number of carbonyl (C=O) groups excluding carboxylic acids is 1. The number of fused-ring (bicyclic) bond motifs is 1. The maximum Gasteiger partial charge on any atom is 0.240 e. The Morgan fingerprint density at radius 3 is 2.86 bits per heavy atom. The lowest BCUT2D eigenvalue weighted by Crippen LogP contribution is -2.47. The highest BCUT2D eigenvalue weighted by Crippen LogP contribution is 2.38. The van der Waals surface area contributed by atoms with Crippen molar-refractivity contribution in [2.45, 2.75) is 31.8 Å². The number of hydrogen-bond donors (Lipinski definition) is 2. The molecule has 1 aliphatic carbocycles. The van der Waals surface area contributed by atoms with E-state index in [0.717, 1.165) is 18.5 Å². The second-order valence-electron chi connectivity index (χ2n) is 6.21. The summed E-state index contributed by atoms with van der Waals surface area (Å²) in [6.45, 7) is 1.97. The summed E-state index contributed by atoms with van der Waals surface area (Å²) in [5.74, 6) is 1.32. The molecule has 1 amide bonds. The molecule has 1 saturated carbocycles. The molecule has 3 unspecified atom stereocenters. The summed E-state index contributed by atoms with van der Waals surface area (Å²) < 4.78 is 0. The molecule has 2 fully saturated rings. The summed E-state index contributed by atoms with van der Waals surface area (Å²) in [5, 5.41) is 12.7. The van der Waals surface area contributed by atoms with Crippen molar-refractivity contribution in [1.29, 1.82) is 0 Å². The van der Waals surface area contributed by atoms with Crippen LogP contribution in [0.25, 0.3) is 0 Å². The Hall–Kier alpha value is -1.39. The number of nitrogens with one attached hydrogen (secondary N) is 1. The number of aliphatic hydroxyl groups is 1. The van der Waals surface area contributed by atoms with Gasteiger partial charge in [0.15, 0.2) is 0 Å². The molecule has 0 aromatic heterocycles. The number of nitrogens with zero attached hydrogens (tertiary/aromatic N) is 1. The second kappa shape index (κ2) is 6.58. The Kier molecular flexibility index (Phi) is 4.56. The zero-order valence-electron chi connectivity index (χ0n) is 12.4. The fourth-order valence-electron chi connectivity index (χ4n) is 3.85. The van der Waals surface area contributed by atoms with Gasteiger partial charge in [0.1, 0.15) is 0 Å². The van der Waals surface area contributed by atoms with Gasteiger partial charge < -0.3 is 15.3 Å². The van der Waals surface area contributed by atoms with Crippen LogP contribution in [0, 0.1) is 11.8 Å². The molecule has 21 heavy (non-hydrogen) atoms. The molecule has 1 aromatic rings. The van der Waals surface area contributed by atoms with Crippen molar-refractivity contribution in [2.24, 2.45) is 11.8 Å². The van der Waals surface area contributed by atoms with Crippen molar-refractivity contribution in [3.05, 3.63) is 35.9 Å². The van der Waals surface area contributed by atoms with Gasteiger partial charge in [0.05, 0.1) is 12.6 Å². The Bertz CT molecular complexity index is 477. The first kappa shape index (κ1) is 14.5. The first-order chi connectivity index (χ1) is 10.3. The highest BCUT2D eigenvalue weighted by molar-refractivity contribution is 5.82. The zero-order valence-corrected chi connectivity index (χ0v) is 12.4. The molecule has 1 saturated heterocycles. The van der Waals surface area contributed by atoms with Crippen molar-refractivity contribution >= 4 is 5.91 Å². The van der Waals surface area contributed by atoms with Gasteiger partial charge in [0.2, 0.25) is 5.91 Å². The van der Waals surface area contributed by atoms with Gasteiger partial charge in [0, 0.05) is 13.1 Å². The Morgan fingerprint density at radius 1 is 1.29 bits per heavy atom. The van der Waals surface area contributed by atoms with Crippen LogP contribution in [0.2, 0.25) is 0 Å². The quantitative estimate of drug-likeness (QED) is 0.861. The number of benzene rings is 1. The number of carbonyl (C=O) groups is 1. The van der Waals surface area contributed by atoms with E-state index in [1.165, 1.54) is 12.8 Å². The Balaban J connectivity index is 1.69. The summed E-state index contributed by atoms with van der Waals surface area (Å²) in [6, 6.07) is 9.95. The van der Waals surface area contributed by atoms with E-state index < -0.39 is 0 Å². The lowest BCUT2D eigenvalue weighted by molar-refractivity contribution is -0.135. The zero-order chi connectivity index (χ0) is 14.7. The Morgan fingerprint density at radius 2 is 2.10 bits per heavy atom. The lowest BCUT2D eigenvalue weighted by Gasteiger charge is -2.27. The van der Waals surface area contributed by atoms with Crippen molar-refractivity contribution in [2.75, 3.05) is 19.7 Å². The number of hydrogen-bond acceptors (Lipinski definition) is 3. The minimum Gasteiger partial charge on any atom is -0.395 e. The molecule has 1 aromatic carbocycles. The van der Waals surface area contributed by atoms with Crippen LogP contribution in [0.1, 0.15) is 24.8 Å². The maximum atomic E-state index is 12.8. The molecule has 2 aliphatic rings. The first-order valence-electron chi connectivity index (χ1n) is 7.96. The van der Waals surface area contributed by atoms with Crippen LogP contribution in [0.4, 0.5) is 0 Å². The van der Waals surface area contributed by atoms with E-state index in [2.05, 4.69) is 5.32 Å². The first-order valence-corrected chi connectivity index (χ1v) is 7.96. The van der Waals surface area contributed by atoms with Gasteiger partial charge in [-0.2, -0.15) is 0 Å². The summed E-state index contributed by atoms with van der Waals surface area (Å²) in [4.78, 5) is 14.6. The van der Waals surface area contributed by atoms with Crippen LogP contribution >= 0.6 is 0 Å². The van der Waals surface area contributed by atoms with Crippen LogP contribution in [0.3, 0.4) is 0 Å². The van der Waals surface area contributed by atoms with E-state index in [9.17, 15) is 9.90 Å². The van der Waals surface area contributed by atoms with Crippen LogP contribution in [-0.2, 0) is 11.3 Å². The van der Waals surface area contributed by atoms with Gasteiger partial charge >= 0.3 is 0 Å². The normalized spacial score (nSPS) is 27.6. The number of rotatable bonds is 5. The van der Waals surface area contributed by atoms with E-state index in [-0.39, 0.29) is 18.6 Å². The average molecular weight is 288 g/mol. The van der Waals surface area contributed by atoms with Crippen molar-refractivity contribution < 1.29 is 9.90 Å². The lowest BCUT2D eigenvalue weighted by atomic mass is 9.93. The van der Waals surface area contributed by atoms with E-state index in [0.29, 0.717) is 24.9 Å². The van der Waals surface area contributed by atoms with E-state index in [1.54, 1.807) is 4.90 Å². The molecule has 0 spiro atoms. The minimum atomic E-state index is -0.0484. The number of amides is 1. The molecule has 0 radical (unpaired) electrons. The maximum absolute atomic E-state index is 12.8. The molecule has 0 bridgehead atoms. The molecular formula is C17H24N2O2. The number of aliphatic hydroxyl groups excluding tert-OH is 1. The van der Waals surface area contributed by atoms with Crippen molar-refractivity contribution in [3.8, 4) is 0 Å². The Labute approximate surface area is 126 Å². The molecule has 1 heterocycles. The molecule has 3 atom stereocenters. The summed E-state index contributed by atoms with van der Waals surface area (Å²) >= 11 is 0. The molecular weight excluding hydrogens is 264 g/mol. The fourth-order valence-corrected chi connectivity index (χ4v) is 3.85. The molecule has 1 aliphatic heterocycles. The summed E-state index contributed by atoms with van der Waals surface area (Å²) in [5.41, 5.74) is 1.11. The van der Waals surface area contributed by atoms with Crippen LogP contribution in [-0.4, -0.2) is 41.7 Å². The summed E-state index contributed by atoms with van der Waals surface area (Å²) in [7, 11) is 0. The molecule has 4 nitrogen and oxygen atoms in total. The molecule has 3 rings (SSSR count).